The number of benzene rings is 2. The number of rotatable bonds is 3. The Kier molecular flexibility index (Phi) is 5.90. The molecule has 0 unspecified atom stereocenters. The van der Waals surface area contributed by atoms with Gasteiger partial charge in [-0.3, -0.25) is 10.2 Å². The molecular weight excluding hydrogens is 336 g/mol. The first-order valence-corrected chi connectivity index (χ1v) is 8.81. The van der Waals surface area contributed by atoms with E-state index in [0.717, 1.165) is 31.6 Å². The molecule has 1 fully saturated rings. The second-order valence-electron chi connectivity index (χ2n) is 5.93. The first-order chi connectivity index (χ1) is 12.2. The molecule has 1 amide bonds. The first-order valence-electron chi connectivity index (χ1n) is 8.43. The van der Waals surface area contributed by atoms with Crippen LogP contribution >= 0.6 is 11.6 Å². The number of halogens is 1. The molecule has 5 nitrogen and oxygen atoms in total. The van der Waals surface area contributed by atoms with E-state index in [1.54, 1.807) is 18.2 Å². The van der Waals surface area contributed by atoms with Crippen LogP contribution in [0.2, 0.25) is 5.02 Å². The number of piperidine rings is 1. The Morgan fingerprint density at radius 3 is 2.40 bits per heavy atom. The zero-order valence-electron chi connectivity index (χ0n) is 13.9. The van der Waals surface area contributed by atoms with Crippen molar-refractivity contribution in [3.8, 4) is 0 Å². The second-order valence-corrected chi connectivity index (χ2v) is 6.36. The predicted octanol–water partition coefficient (Wildman–Crippen LogP) is 4.19. The molecule has 130 valence electrons. The molecular formula is C19H21ClN4O. The molecule has 2 N–H and O–H groups in total. The van der Waals surface area contributed by atoms with Crippen LogP contribution in [-0.4, -0.2) is 29.7 Å². The number of amides is 1. The minimum absolute atomic E-state index is 0.243. The topological polar surface area (TPSA) is 56.7 Å². The Bertz CT molecular complexity index is 742. The number of carbonyl (C=O) groups is 1. The largest absolute Gasteiger partial charge is 0.351 e. The van der Waals surface area contributed by atoms with E-state index >= 15 is 0 Å². The molecule has 6 heteroatoms. The molecule has 0 atom stereocenters. The average molecular weight is 357 g/mol. The van der Waals surface area contributed by atoms with Crippen LogP contribution in [0, 0.1) is 0 Å². The minimum atomic E-state index is -0.243. The van der Waals surface area contributed by atoms with Crippen LogP contribution in [0.4, 0.5) is 11.4 Å². The Hall–Kier alpha value is -2.53. The Balaban J connectivity index is 1.78. The van der Waals surface area contributed by atoms with E-state index in [9.17, 15) is 4.79 Å². The smallest absolute Gasteiger partial charge is 0.293 e. The van der Waals surface area contributed by atoms with Gasteiger partial charge in [0.2, 0.25) is 5.84 Å². The summed E-state index contributed by atoms with van der Waals surface area (Å²) >= 11 is 5.99. The van der Waals surface area contributed by atoms with Gasteiger partial charge in [0.1, 0.15) is 0 Å². The molecule has 3 rings (SSSR count). The number of nitrogens with one attached hydrogen (secondary N) is 2. The van der Waals surface area contributed by atoms with Gasteiger partial charge in [-0.05, 0) is 49.6 Å². The monoisotopic (exact) mass is 356 g/mol. The van der Waals surface area contributed by atoms with E-state index in [-0.39, 0.29) is 5.91 Å². The third kappa shape index (κ3) is 4.97. The van der Waals surface area contributed by atoms with Crippen molar-refractivity contribution in [3.63, 3.8) is 0 Å². The molecule has 25 heavy (non-hydrogen) atoms. The van der Waals surface area contributed by atoms with Gasteiger partial charge in [-0.25, -0.2) is 0 Å². The number of carbonyl (C=O) groups excluding carboxylic acids is 1. The number of amidine groups is 1. The van der Waals surface area contributed by atoms with E-state index in [0.29, 0.717) is 16.5 Å². The molecule has 1 saturated heterocycles. The Labute approximate surface area is 152 Å². The maximum absolute atomic E-state index is 12.8. The van der Waals surface area contributed by atoms with Gasteiger partial charge in [0.25, 0.3) is 5.91 Å². The van der Waals surface area contributed by atoms with E-state index < -0.39 is 0 Å². The maximum Gasteiger partial charge on any atom is 0.293 e. The summed E-state index contributed by atoms with van der Waals surface area (Å²) < 4.78 is 0. The van der Waals surface area contributed by atoms with Crippen molar-refractivity contribution in [1.82, 2.24) is 4.90 Å². The number of para-hydroxylation sites is 1. The zero-order chi connectivity index (χ0) is 17.5. The zero-order valence-corrected chi connectivity index (χ0v) is 14.7. The Morgan fingerprint density at radius 1 is 0.960 bits per heavy atom. The van der Waals surface area contributed by atoms with Gasteiger partial charge >= 0.3 is 0 Å². The van der Waals surface area contributed by atoms with Gasteiger partial charge in [-0.1, -0.05) is 35.9 Å². The van der Waals surface area contributed by atoms with Crippen LogP contribution in [0.5, 0.6) is 0 Å². The maximum atomic E-state index is 12.8. The molecule has 1 aliphatic rings. The fourth-order valence-corrected chi connectivity index (χ4v) is 2.94. The van der Waals surface area contributed by atoms with Gasteiger partial charge in [-0.15, -0.1) is 0 Å². The number of hydrogen-bond donors (Lipinski definition) is 2. The van der Waals surface area contributed by atoms with Crippen LogP contribution in [0.25, 0.3) is 0 Å². The van der Waals surface area contributed by atoms with Crippen molar-refractivity contribution < 1.29 is 4.79 Å². The lowest BCUT2D eigenvalue weighted by Crippen LogP contribution is -2.43. The van der Waals surface area contributed by atoms with Gasteiger partial charge in [-0.2, -0.15) is 5.10 Å². The van der Waals surface area contributed by atoms with Crippen molar-refractivity contribution in [2.75, 3.05) is 23.8 Å². The summed E-state index contributed by atoms with van der Waals surface area (Å²) in [6.07, 6.45) is 3.31. The second kappa shape index (κ2) is 8.53. The summed E-state index contributed by atoms with van der Waals surface area (Å²) in [5.74, 6) is 0.149. The van der Waals surface area contributed by atoms with Crippen LogP contribution < -0.4 is 10.7 Å². The van der Waals surface area contributed by atoms with E-state index in [2.05, 4.69) is 15.8 Å². The van der Waals surface area contributed by atoms with Crippen LogP contribution in [0.15, 0.2) is 59.7 Å². The molecule has 0 spiro atoms. The molecule has 0 radical (unpaired) electrons. The number of likely N-dealkylation sites (tertiary alicyclic amines) is 1. The van der Waals surface area contributed by atoms with E-state index in [1.807, 2.05) is 41.3 Å². The van der Waals surface area contributed by atoms with Crippen molar-refractivity contribution in [2.45, 2.75) is 19.3 Å². The standard InChI is InChI=1S/C19H21ClN4O/c20-15-8-7-11-17(14-15)21-19(25)18(24-12-5-2-6-13-24)23-22-16-9-3-1-4-10-16/h1,3-4,7-11,14,22H,2,5-6,12-13H2,(H,21,25)/b23-18-. The normalized spacial score (nSPS) is 14.9. The molecule has 0 saturated carbocycles. The summed E-state index contributed by atoms with van der Waals surface area (Å²) in [6, 6.07) is 16.7. The molecule has 0 aromatic heterocycles. The predicted molar refractivity (Wildman–Crippen MR) is 103 cm³/mol. The molecule has 0 aliphatic carbocycles. The highest BCUT2D eigenvalue weighted by Gasteiger charge is 2.22. The molecule has 0 bridgehead atoms. The molecule has 1 heterocycles. The number of anilines is 2. The van der Waals surface area contributed by atoms with Gasteiger partial charge in [0, 0.05) is 23.8 Å². The number of hydrogen-bond acceptors (Lipinski definition) is 3. The van der Waals surface area contributed by atoms with E-state index in [4.69, 9.17) is 11.6 Å². The van der Waals surface area contributed by atoms with Crippen molar-refractivity contribution >= 4 is 34.7 Å². The number of nitrogens with zero attached hydrogens (tertiary/aromatic N) is 2. The first kappa shape index (κ1) is 17.3. The van der Waals surface area contributed by atoms with Crippen molar-refractivity contribution in [3.05, 3.63) is 59.6 Å². The summed E-state index contributed by atoms with van der Waals surface area (Å²) in [6.45, 7) is 1.66. The summed E-state index contributed by atoms with van der Waals surface area (Å²) in [5.41, 5.74) is 4.47. The summed E-state index contributed by atoms with van der Waals surface area (Å²) in [7, 11) is 0. The molecule has 2 aromatic carbocycles. The summed E-state index contributed by atoms with van der Waals surface area (Å²) in [5, 5.41) is 7.84. The van der Waals surface area contributed by atoms with Gasteiger partial charge in [0.15, 0.2) is 0 Å². The van der Waals surface area contributed by atoms with Crippen molar-refractivity contribution in [1.29, 1.82) is 0 Å². The SMILES string of the molecule is O=C(Nc1cccc(Cl)c1)/C(=N/Nc1ccccc1)N1CCCCC1. The summed E-state index contributed by atoms with van der Waals surface area (Å²) in [4.78, 5) is 14.8. The third-order valence-electron chi connectivity index (χ3n) is 4.01. The lowest BCUT2D eigenvalue weighted by molar-refractivity contribution is -0.111. The van der Waals surface area contributed by atoms with Gasteiger partial charge < -0.3 is 10.2 Å². The van der Waals surface area contributed by atoms with Crippen molar-refractivity contribution in [2.24, 2.45) is 5.10 Å². The van der Waals surface area contributed by atoms with Crippen LogP contribution in [-0.2, 0) is 4.79 Å². The minimum Gasteiger partial charge on any atom is -0.351 e. The highest BCUT2D eigenvalue weighted by atomic mass is 35.5. The quantitative estimate of drug-likeness (QED) is 0.492. The molecule has 2 aromatic rings. The fourth-order valence-electron chi connectivity index (χ4n) is 2.75. The van der Waals surface area contributed by atoms with E-state index in [1.165, 1.54) is 6.42 Å². The lowest BCUT2D eigenvalue weighted by atomic mass is 10.1. The average Bonchev–Trinajstić information content (AvgIpc) is 2.64. The van der Waals surface area contributed by atoms with Crippen LogP contribution in [0.1, 0.15) is 19.3 Å². The lowest BCUT2D eigenvalue weighted by Gasteiger charge is -2.28. The van der Waals surface area contributed by atoms with Crippen LogP contribution in [0.3, 0.4) is 0 Å². The van der Waals surface area contributed by atoms with Gasteiger partial charge in [0.05, 0.1) is 5.69 Å². The highest BCUT2D eigenvalue weighted by molar-refractivity contribution is 6.42. The number of hydrazone groups is 1. The Morgan fingerprint density at radius 2 is 1.68 bits per heavy atom. The third-order valence-corrected chi connectivity index (χ3v) is 4.24. The fraction of sp³-hybridized carbons (Fsp3) is 0.263. The molecule has 1 aliphatic heterocycles. The highest BCUT2D eigenvalue weighted by Crippen LogP contribution is 2.16.